The van der Waals surface area contributed by atoms with Crippen LogP contribution in [-0.4, -0.2) is 42.6 Å². The Morgan fingerprint density at radius 1 is 1.59 bits per heavy atom. The molecule has 2 unspecified atom stereocenters. The van der Waals surface area contributed by atoms with Crippen molar-refractivity contribution in [2.24, 2.45) is 11.7 Å². The van der Waals surface area contributed by atoms with E-state index in [9.17, 15) is 4.79 Å². The molecule has 1 aliphatic heterocycles. The number of nitrogens with zero attached hydrogens (tertiary/aromatic N) is 1. The van der Waals surface area contributed by atoms with E-state index in [-0.39, 0.29) is 17.6 Å². The molecule has 2 N–H and O–H groups in total. The average molecular weight is 242 g/mol. The molecule has 0 bridgehead atoms. The van der Waals surface area contributed by atoms with Crippen LogP contribution in [0.3, 0.4) is 0 Å². The Labute approximate surface area is 104 Å². The van der Waals surface area contributed by atoms with Crippen LogP contribution >= 0.6 is 0 Å². The molecule has 1 aliphatic rings. The molecule has 0 aromatic heterocycles. The highest BCUT2D eigenvalue weighted by Gasteiger charge is 2.34. The zero-order valence-corrected chi connectivity index (χ0v) is 11.5. The quantitative estimate of drug-likeness (QED) is 0.765. The predicted molar refractivity (Wildman–Crippen MR) is 68.7 cm³/mol. The lowest BCUT2D eigenvalue weighted by Gasteiger charge is -2.33. The summed E-state index contributed by atoms with van der Waals surface area (Å²) < 4.78 is 5.36. The number of carbonyl (C=O) groups excluding carboxylic acids is 1. The molecule has 1 saturated heterocycles. The van der Waals surface area contributed by atoms with Gasteiger partial charge >= 0.3 is 0 Å². The highest BCUT2D eigenvalue weighted by atomic mass is 16.5. The van der Waals surface area contributed by atoms with Crippen molar-refractivity contribution < 1.29 is 9.53 Å². The van der Waals surface area contributed by atoms with Gasteiger partial charge < -0.3 is 15.4 Å². The molecule has 0 spiro atoms. The molecule has 0 aliphatic carbocycles. The maximum absolute atomic E-state index is 11.8. The second-order valence-corrected chi connectivity index (χ2v) is 5.57. The van der Waals surface area contributed by atoms with Gasteiger partial charge in [0.05, 0.1) is 11.6 Å². The van der Waals surface area contributed by atoms with E-state index < -0.39 is 0 Å². The molecule has 17 heavy (non-hydrogen) atoms. The zero-order valence-electron chi connectivity index (χ0n) is 11.5. The van der Waals surface area contributed by atoms with Gasteiger partial charge in [0.1, 0.15) is 0 Å². The summed E-state index contributed by atoms with van der Waals surface area (Å²) in [7, 11) is 1.66. The fraction of sp³-hybridized carbons (Fsp3) is 0.923. The number of amides is 1. The van der Waals surface area contributed by atoms with Gasteiger partial charge in [0, 0.05) is 26.6 Å². The SMILES string of the molecule is CCCC1CC(=O)N(CC(N)C(C)(C)OC)C1. The van der Waals surface area contributed by atoms with E-state index in [0.717, 1.165) is 19.4 Å². The van der Waals surface area contributed by atoms with Crippen molar-refractivity contribution in [2.45, 2.75) is 51.7 Å². The number of hydrogen-bond acceptors (Lipinski definition) is 3. The smallest absolute Gasteiger partial charge is 0.222 e. The summed E-state index contributed by atoms with van der Waals surface area (Å²) in [4.78, 5) is 13.7. The molecule has 1 rings (SSSR count). The van der Waals surface area contributed by atoms with E-state index in [2.05, 4.69) is 6.92 Å². The van der Waals surface area contributed by atoms with Gasteiger partial charge in [-0.05, 0) is 26.2 Å². The van der Waals surface area contributed by atoms with Crippen molar-refractivity contribution in [3.05, 3.63) is 0 Å². The van der Waals surface area contributed by atoms with Gasteiger partial charge in [-0.25, -0.2) is 0 Å². The Bertz CT molecular complexity index is 266. The highest BCUT2D eigenvalue weighted by Crippen LogP contribution is 2.23. The third kappa shape index (κ3) is 3.68. The largest absolute Gasteiger partial charge is 0.377 e. The van der Waals surface area contributed by atoms with Crippen molar-refractivity contribution in [1.29, 1.82) is 0 Å². The number of likely N-dealkylation sites (tertiary alicyclic amines) is 1. The van der Waals surface area contributed by atoms with Crippen LogP contribution in [0, 0.1) is 5.92 Å². The van der Waals surface area contributed by atoms with Gasteiger partial charge in [0.2, 0.25) is 5.91 Å². The Hall–Kier alpha value is -0.610. The van der Waals surface area contributed by atoms with Crippen molar-refractivity contribution in [1.82, 2.24) is 4.90 Å². The van der Waals surface area contributed by atoms with Crippen LogP contribution in [0.2, 0.25) is 0 Å². The van der Waals surface area contributed by atoms with Crippen LogP contribution < -0.4 is 5.73 Å². The Morgan fingerprint density at radius 3 is 2.76 bits per heavy atom. The number of ether oxygens (including phenoxy) is 1. The third-order valence-corrected chi connectivity index (χ3v) is 3.83. The average Bonchev–Trinajstić information content (AvgIpc) is 2.60. The summed E-state index contributed by atoms with van der Waals surface area (Å²) in [5.41, 5.74) is 5.72. The number of methoxy groups -OCH3 is 1. The van der Waals surface area contributed by atoms with Gasteiger partial charge in [0.15, 0.2) is 0 Å². The van der Waals surface area contributed by atoms with Crippen molar-refractivity contribution in [3.63, 3.8) is 0 Å². The zero-order chi connectivity index (χ0) is 13.1. The van der Waals surface area contributed by atoms with Crippen molar-refractivity contribution in [3.8, 4) is 0 Å². The molecule has 0 saturated carbocycles. The first-order valence-electron chi connectivity index (χ1n) is 6.49. The first-order valence-corrected chi connectivity index (χ1v) is 6.49. The van der Waals surface area contributed by atoms with Gasteiger partial charge in [-0.3, -0.25) is 4.79 Å². The molecule has 4 heteroatoms. The molecule has 4 nitrogen and oxygen atoms in total. The van der Waals surface area contributed by atoms with Crippen LogP contribution in [0.5, 0.6) is 0 Å². The molecule has 0 aromatic rings. The molecular weight excluding hydrogens is 216 g/mol. The molecule has 1 fully saturated rings. The lowest BCUT2D eigenvalue weighted by atomic mass is 9.99. The van der Waals surface area contributed by atoms with Crippen LogP contribution in [-0.2, 0) is 9.53 Å². The number of nitrogens with two attached hydrogens (primary N) is 1. The molecule has 2 atom stereocenters. The molecule has 0 radical (unpaired) electrons. The van der Waals surface area contributed by atoms with Gasteiger partial charge in [-0.2, -0.15) is 0 Å². The normalized spacial score (nSPS) is 23.2. The van der Waals surface area contributed by atoms with Crippen molar-refractivity contribution in [2.75, 3.05) is 20.2 Å². The Morgan fingerprint density at radius 2 is 2.24 bits per heavy atom. The summed E-state index contributed by atoms with van der Waals surface area (Å²) in [6.45, 7) is 7.54. The van der Waals surface area contributed by atoms with Gasteiger partial charge in [-0.1, -0.05) is 13.3 Å². The Kier molecular flexibility index (Phi) is 4.95. The van der Waals surface area contributed by atoms with Crippen molar-refractivity contribution >= 4 is 5.91 Å². The first kappa shape index (κ1) is 14.5. The maximum atomic E-state index is 11.8. The van der Waals surface area contributed by atoms with E-state index in [1.807, 2.05) is 18.7 Å². The number of hydrogen-bond donors (Lipinski definition) is 1. The van der Waals surface area contributed by atoms with Crippen LogP contribution in [0.4, 0.5) is 0 Å². The molecular formula is C13H26N2O2. The minimum absolute atomic E-state index is 0.142. The van der Waals surface area contributed by atoms with E-state index in [1.165, 1.54) is 0 Å². The molecule has 1 heterocycles. The third-order valence-electron chi connectivity index (χ3n) is 3.83. The minimum Gasteiger partial charge on any atom is -0.377 e. The van der Waals surface area contributed by atoms with Gasteiger partial charge in [-0.15, -0.1) is 0 Å². The predicted octanol–water partition coefficient (Wildman–Crippen LogP) is 1.39. The number of carbonyl (C=O) groups is 1. The summed E-state index contributed by atoms with van der Waals surface area (Å²) in [6.07, 6.45) is 2.96. The molecule has 100 valence electrons. The van der Waals surface area contributed by atoms with E-state index in [4.69, 9.17) is 10.5 Å². The second kappa shape index (κ2) is 5.83. The Balaban J connectivity index is 2.50. The summed E-state index contributed by atoms with van der Waals surface area (Å²) in [5.74, 6) is 0.760. The summed E-state index contributed by atoms with van der Waals surface area (Å²) >= 11 is 0. The van der Waals surface area contributed by atoms with E-state index in [1.54, 1.807) is 7.11 Å². The highest BCUT2D eigenvalue weighted by molar-refractivity contribution is 5.78. The van der Waals surface area contributed by atoms with Gasteiger partial charge in [0.25, 0.3) is 0 Å². The number of rotatable bonds is 6. The van der Waals surface area contributed by atoms with Crippen LogP contribution in [0.25, 0.3) is 0 Å². The fourth-order valence-corrected chi connectivity index (χ4v) is 2.24. The topological polar surface area (TPSA) is 55.6 Å². The lowest BCUT2D eigenvalue weighted by molar-refractivity contribution is -0.128. The van der Waals surface area contributed by atoms with E-state index >= 15 is 0 Å². The second-order valence-electron chi connectivity index (χ2n) is 5.57. The maximum Gasteiger partial charge on any atom is 0.222 e. The standard InChI is InChI=1S/C13H26N2O2/c1-5-6-10-7-12(16)15(8-10)9-11(14)13(2,3)17-4/h10-11H,5-9,14H2,1-4H3. The fourth-order valence-electron chi connectivity index (χ4n) is 2.24. The van der Waals surface area contributed by atoms with E-state index in [0.29, 0.717) is 18.9 Å². The minimum atomic E-state index is -0.386. The summed E-state index contributed by atoms with van der Waals surface area (Å²) in [6, 6.07) is -0.142. The molecule has 1 amide bonds. The molecule has 0 aromatic carbocycles. The lowest BCUT2D eigenvalue weighted by Crippen LogP contribution is -2.52. The first-order chi connectivity index (χ1) is 7.90. The van der Waals surface area contributed by atoms with Crippen LogP contribution in [0.1, 0.15) is 40.0 Å². The monoisotopic (exact) mass is 242 g/mol. The summed E-state index contributed by atoms with van der Waals surface area (Å²) in [5, 5.41) is 0. The van der Waals surface area contributed by atoms with Crippen LogP contribution in [0.15, 0.2) is 0 Å².